The van der Waals surface area contributed by atoms with Crippen LogP contribution in [-0.2, 0) is 14.3 Å². The average Bonchev–Trinajstić information content (AvgIpc) is 2.76. The predicted molar refractivity (Wildman–Crippen MR) is 126 cm³/mol. The number of ketones is 1. The van der Waals surface area contributed by atoms with Gasteiger partial charge in [-0.2, -0.15) is 0 Å². The van der Waals surface area contributed by atoms with Crippen molar-refractivity contribution in [1.82, 2.24) is 5.32 Å². The number of esters is 1. The molecule has 2 aliphatic rings. The molecule has 1 heterocycles. The van der Waals surface area contributed by atoms with E-state index in [-0.39, 0.29) is 24.2 Å². The standard InChI is InChI=1S/C27H27ClFNO3/c1-15(2)14-33-27(32)24-16(3)30-22-12-19(17-7-9-20(28)10-8-17)13-23(31)26(22)25(24)18-5-4-6-21(29)11-18/h4-11,15,19,25,30H,12-14H2,1-3H3/t19-,25-/m0/s1. The van der Waals surface area contributed by atoms with Gasteiger partial charge in [0.2, 0.25) is 0 Å². The van der Waals surface area contributed by atoms with Gasteiger partial charge in [0.05, 0.1) is 12.2 Å². The Labute approximate surface area is 198 Å². The highest BCUT2D eigenvalue weighted by Gasteiger charge is 2.41. The van der Waals surface area contributed by atoms with Crippen LogP contribution in [0.3, 0.4) is 0 Å². The molecule has 0 fully saturated rings. The lowest BCUT2D eigenvalue weighted by atomic mass is 9.71. The number of hydrogen-bond donors (Lipinski definition) is 1. The van der Waals surface area contributed by atoms with Crippen molar-refractivity contribution in [1.29, 1.82) is 0 Å². The molecule has 172 valence electrons. The van der Waals surface area contributed by atoms with Crippen LogP contribution in [0.2, 0.25) is 5.02 Å². The Morgan fingerprint density at radius 3 is 2.55 bits per heavy atom. The molecule has 0 saturated carbocycles. The van der Waals surface area contributed by atoms with Crippen molar-refractivity contribution in [2.45, 2.75) is 45.4 Å². The average molecular weight is 468 g/mol. The van der Waals surface area contributed by atoms with Crippen LogP contribution in [0.15, 0.2) is 71.1 Å². The molecule has 1 N–H and O–H groups in total. The van der Waals surface area contributed by atoms with Crippen LogP contribution in [0.4, 0.5) is 4.39 Å². The van der Waals surface area contributed by atoms with Crippen molar-refractivity contribution in [3.05, 3.63) is 93.0 Å². The Hall–Kier alpha value is -2.92. The maximum atomic E-state index is 14.2. The molecular weight excluding hydrogens is 441 g/mol. The Bertz CT molecular complexity index is 1150. The van der Waals surface area contributed by atoms with E-state index in [1.807, 2.05) is 38.1 Å². The highest BCUT2D eigenvalue weighted by atomic mass is 35.5. The summed E-state index contributed by atoms with van der Waals surface area (Å²) in [5, 5.41) is 3.96. The lowest BCUT2D eigenvalue weighted by Crippen LogP contribution is -2.36. The third-order valence-electron chi connectivity index (χ3n) is 6.12. The largest absolute Gasteiger partial charge is 0.462 e. The van der Waals surface area contributed by atoms with Crippen molar-refractivity contribution in [2.24, 2.45) is 5.92 Å². The molecule has 0 saturated heterocycles. The summed E-state index contributed by atoms with van der Waals surface area (Å²) in [5.41, 5.74) is 3.89. The molecule has 0 amide bonds. The van der Waals surface area contributed by atoms with Gasteiger partial charge in [-0.25, -0.2) is 9.18 Å². The normalized spacial score (nSPS) is 20.6. The molecule has 0 spiro atoms. The van der Waals surface area contributed by atoms with Crippen molar-refractivity contribution in [3.63, 3.8) is 0 Å². The molecule has 1 aliphatic heterocycles. The first kappa shape index (κ1) is 23.2. The van der Waals surface area contributed by atoms with Gasteiger partial charge in [0, 0.05) is 34.3 Å². The van der Waals surface area contributed by atoms with Gasteiger partial charge in [-0.3, -0.25) is 4.79 Å². The van der Waals surface area contributed by atoms with Crippen molar-refractivity contribution in [3.8, 4) is 0 Å². The monoisotopic (exact) mass is 467 g/mol. The van der Waals surface area contributed by atoms with E-state index in [1.165, 1.54) is 12.1 Å². The van der Waals surface area contributed by atoms with E-state index in [9.17, 15) is 14.0 Å². The van der Waals surface area contributed by atoms with Crippen LogP contribution in [-0.4, -0.2) is 18.4 Å². The minimum atomic E-state index is -0.671. The van der Waals surface area contributed by atoms with E-state index in [2.05, 4.69) is 5.32 Å². The zero-order chi connectivity index (χ0) is 23.7. The quantitative estimate of drug-likeness (QED) is 0.544. The number of Topliss-reactive ketones (excluding diaryl/α,β-unsaturated/α-hetero) is 1. The summed E-state index contributed by atoms with van der Waals surface area (Å²) in [5.74, 6) is -1.46. The van der Waals surface area contributed by atoms with Gasteiger partial charge in [0.15, 0.2) is 5.78 Å². The number of nitrogens with one attached hydrogen (secondary N) is 1. The summed E-state index contributed by atoms with van der Waals surface area (Å²) in [6, 6.07) is 13.6. The van der Waals surface area contributed by atoms with E-state index < -0.39 is 17.7 Å². The number of halogens is 2. The minimum absolute atomic E-state index is 0.00332. The number of dihydropyridines is 1. The molecule has 0 unspecified atom stereocenters. The minimum Gasteiger partial charge on any atom is -0.462 e. The summed E-state index contributed by atoms with van der Waals surface area (Å²) in [4.78, 5) is 26.6. The summed E-state index contributed by atoms with van der Waals surface area (Å²) in [7, 11) is 0. The SMILES string of the molecule is CC1=C(C(=O)OCC(C)C)[C@H](c2cccc(F)c2)C2=C(C[C@H](c3ccc(Cl)cc3)CC2=O)N1. The molecule has 33 heavy (non-hydrogen) atoms. The van der Waals surface area contributed by atoms with Gasteiger partial charge in [-0.05, 0) is 60.6 Å². The van der Waals surface area contributed by atoms with Crippen LogP contribution in [0.25, 0.3) is 0 Å². The number of benzene rings is 2. The molecular formula is C27H27ClFNO3. The molecule has 1 aliphatic carbocycles. The summed E-state index contributed by atoms with van der Waals surface area (Å²) < 4.78 is 19.7. The number of hydrogen-bond acceptors (Lipinski definition) is 4. The van der Waals surface area contributed by atoms with Gasteiger partial charge in [-0.1, -0.05) is 49.7 Å². The van der Waals surface area contributed by atoms with Gasteiger partial charge >= 0.3 is 5.97 Å². The van der Waals surface area contributed by atoms with Crippen molar-refractivity contribution in [2.75, 3.05) is 6.61 Å². The molecule has 4 nitrogen and oxygen atoms in total. The van der Waals surface area contributed by atoms with Crippen LogP contribution >= 0.6 is 11.6 Å². The second-order valence-corrected chi connectivity index (χ2v) is 9.55. The lowest BCUT2D eigenvalue weighted by molar-refractivity contribution is -0.140. The van der Waals surface area contributed by atoms with Gasteiger partial charge < -0.3 is 10.1 Å². The second-order valence-electron chi connectivity index (χ2n) is 9.12. The highest BCUT2D eigenvalue weighted by Crippen LogP contribution is 2.45. The Morgan fingerprint density at radius 1 is 1.15 bits per heavy atom. The summed E-state index contributed by atoms with van der Waals surface area (Å²) in [6.45, 7) is 5.99. The van der Waals surface area contributed by atoms with Crippen molar-refractivity contribution < 1.29 is 18.7 Å². The molecule has 6 heteroatoms. The van der Waals surface area contributed by atoms with Gasteiger partial charge in [-0.15, -0.1) is 0 Å². The van der Waals surface area contributed by atoms with E-state index in [0.29, 0.717) is 40.3 Å². The molecule has 2 atom stereocenters. The van der Waals surface area contributed by atoms with E-state index >= 15 is 0 Å². The van der Waals surface area contributed by atoms with E-state index in [4.69, 9.17) is 16.3 Å². The molecule has 2 aromatic carbocycles. The molecule has 2 aromatic rings. The first-order valence-corrected chi connectivity index (χ1v) is 11.5. The van der Waals surface area contributed by atoms with Crippen LogP contribution < -0.4 is 5.32 Å². The Morgan fingerprint density at radius 2 is 1.88 bits per heavy atom. The number of carbonyl (C=O) groups excluding carboxylic acids is 2. The fraction of sp³-hybridized carbons (Fsp3) is 0.333. The highest BCUT2D eigenvalue weighted by molar-refractivity contribution is 6.30. The van der Waals surface area contributed by atoms with Crippen LogP contribution in [0.1, 0.15) is 56.6 Å². The molecule has 4 rings (SSSR count). The van der Waals surface area contributed by atoms with E-state index in [0.717, 1.165) is 11.3 Å². The zero-order valence-electron chi connectivity index (χ0n) is 19.0. The summed E-state index contributed by atoms with van der Waals surface area (Å²) >= 11 is 6.03. The third kappa shape index (κ3) is 4.88. The first-order valence-electron chi connectivity index (χ1n) is 11.2. The Balaban J connectivity index is 1.76. The number of allylic oxidation sites excluding steroid dienone is 3. The number of carbonyl (C=O) groups is 2. The first-order chi connectivity index (χ1) is 15.7. The molecule has 0 bridgehead atoms. The van der Waals surface area contributed by atoms with Crippen LogP contribution in [0.5, 0.6) is 0 Å². The smallest absolute Gasteiger partial charge is 0.336 e. The summed E-state index contributed by atoms with van der Waals surface area (Å²) in [6.07, 6.45) is 0.918. The van der Waals surface area contributed by atoms with Crippen molar-refractivity contribution >= 4 is 23.4 Å². The molecule has 0 radical (unpaired) electrons. The Kier molecular flexibility index (Phi) is 6.71. The maximum absolute atomic E-state index is 14.2. The van der Waals surface area contributed by atoms with Gasteiger partial charge in [0.1, 0.15) is 5.82 Å². The number of ether oxygens (including phenoxy) is 1. The fourth-order valence-electron chi connectivity index (χ4n) is 4.62. The van der Waals surface area contributed by atoms with Crippen LogP contribution in [0, 0.1) is 11.7 Å². The third-order valence-corrected chi connectivity index (χ3v) is 6.37. The van der Waals surface area contributed by atoms with E-state index in [1.54, 1.807) is 19.1 Å². The molecule has 0 aromatic heterocycles. The zero-order valence-corrected chi connectivity index (χ0v) is 19.7. The lowest BCUT2D eigenvalue weighted by Gasteiger charge is -2.36. The topological polar surface area (TPSA) is 55.4 Å². The number of rotatable bonds is 5. The second kappa shape index (κ2) is 9.52. The maximum Gasteiger partial charge on any atom is 0.336 e. The predicted octanol–water partition coefficient (Wildman–Crippen LogP) is 6.04. The fourth-order valence-corrected chi connectivity index (χ4v) is 4.75. The van der Waals surface area contributed by atoms with Gasteiger partial charge in [0.25, 0.3) is 0 Å².